The smallest absolute Gasteiger partial charge is 0.267 e. The maximum atomic E-state index is 13.6. The summed E-state index contributed by atoms with van der Waals surface area (Å²) >= 11 is 6.65. The summed E-state index contributed by atoms with van der Waals surface area (Å²) in [6, 6.07) is 3.76. The molecule has 0 saturated carbocycles. The van der Waals surface area contributed by atoms with Gasteiger partial charge in [-0.3, -0.25) is 23.8 Å². The second-order valence-electron chi connectivity index (χ2n) is 8.32. The topological polar surface area (TPSA) is 90.6 Å². The Labute approximate surface area is 208 Å². The van der Waals surface area contributed by atoms with Gasteiger partial charge in [0.05, 0.1) is 17.1 Å². The SMILES string of the molecule is COCCCN1C(=O)/C(=C/c2c(N3CCN(CCO)CC3)nc3ccc(C)cn3c2=O)SC1=S. The minimum Gasteiger partial charge on any atom is -0.395 e. The minimum absolute atomic E-state index is 0.117. The van der Waals surface area contributed by atoms with E-state index in [-0.39, 0.29) is 18.1 Å². The molecule has 1 amide bonds. The minimum atomic E-state index is -0.217. The van der Waals surface area contributed by atoms with Crippen molar-refractivity contribution in [1.29, 1.82) is 0 Å². The summed E-state index contributed by atoms with van der Waals surface area (Å²) in [5, 5.41) is 9.24. The zero-order valence-electron chi connectivity index (χ0n) is 19.4. The number of amides is 1. The Morgan fingerprint density at radius 3 is 2.68 bits per heavy atom. The van der Waals surface area contributed by atoms with Gasteiger partial charge in [-0.1, -0.05) is 30.0 Å². The van der Waals surface area contributed by atoms with Crippen LogP contribution in [0.25, 0.3) is 11.7 Å². The van der Waals surface area contributed by atoms with Crippen molar-refractivity contribution in [3.63, 3.8) is 0 Å². The number of aryl methyl sites for hydroxylation is 1. The van der Waals surface area contributed by atoms with Crippen LogP contribution in [0.1, 0.15) is 17.5 Å². The zero-order chi connectivity index (χ0) is 24.2. The fraction of sp³-hybridized carbons (Fsp3) is 0.478. The average Bonchev–Trinajstić information content (AvgIpc) is 3.09. The number of thiocarbonyl (C=S) groups is 1. The van der Waals surface area contributed by atoms with Crippen LogP contribution in [0.15, 0.2) is 28.0 Å². The number of aliphatic hydroxyl groups is 1. The van der Waals surface area contributed by atoms with E-state index < -0.39 is 0 Å². The quantitative estimate of drug-likeness (QED) is 0.326. The molecule has 2 aromatic rings. The van der Waals surface area contributed by atoms with Crippen molar-refractivity contribution in [2.75, 3.05) is 64.5 Å². The van der Waals surface area contributed by atoms with Gasteiger partial charge in [0.25, 0.3) is 11.5 Å². The summed E-state index contributed by atoms with van der Waals surface area (Å²) in [5.74, 6) is 0.376. The predicted molar refractivity (Wildman–Crippen MR) is 138 cm³/mol. The first-order chi connectivity index (χ1) is 16.4. The molecule has 0 spiro atoms. The van der Waals surface area contributed by atoms with E-state index in [2.05, 4.69) is 9.80 Å². The highest BCUT2D eigenvalue weighted by atomic mass is 32.2. The monoisotopic (exact) mass is 503 g/mol. The molecule has 2 saturated heterocycles. The van der Waals surface area contributed by atoms with Crippen molar-refractivity contribution in [3.8, 4) is 0 Å². The normalized spacial score (nSPS) is 18.6. The van der Waals surface area contributed by atoms with Crippen LogP contribution in [-0.2, 0) is 9.53 Å². The Hall–Kier alpha value is -2.31. The van der Waals surface area contributed by atoms with Crippen molar-refractivity contribution >= 4 is 51.7 Å². The number of piperazine rings is 1. The first kappa shape index (κ1) is 24.8. The zero-order valence-corrected chi connectivity index (χ0v) is 21.0. The summed E-state index contributed by atoms with van der Waals surface area (Å²) in [7, 11) is 1.62. The number of fused-ring (bicyclic) bond motifs is 1. The van der Waals surface area contributed by atoms with Gasteiger partial charge in [-0.25, -0.2) is 4.98 Å². The Morgan fingerprint density at radius 1 is 1.21 bits per heavy atom. The Morgan fingerprint density at radius 2 is 1.97 bits per heavy atom. The lowest BCUT2D eigenvalue weighted by Gasteiger charge is -2.35. The van der Waals surface area contributed by atoms with Crippen molar-refractivity contribution in [1.82, 2.24) is 19.2 Å². The number of carbonyl (C=O) groups excluding carboxylic acids is 1. The van der Waals surface area contributed by atoms with Gasteiger partial charge >= 0.3 is 0 Å². The van der Waals surface area contributed by atoms with Gasteiger partial charge in [0.1, 0.15) is 15.8 Å². The average molecular weight is 504 g/mol. The van der Waals surface area contributed by atoms with Crippen molar-refractivity contribution in [2.24, 2.45) is 0 Å². The number of aromatic nitrogens is 2. The Kier molecular flexibility index (Phi) is 7.99. The fourth-order valence-corrected chi connectivity index (χ4v) is 5.42. The van der Waals surface area contributed by atoms with Gasteiger partial charge < -0.3 is 14.7 Å². The number of methoxy groups -OCH3 is 1. The molecule has 4 heterocycles. The number of anilines is 1. The van der Waals surface area contributed by atoms with E-state index in [9.17, 15) is 14.7 Å². The van der Waals surface area contributed by atoms with Gasteiger partial charge in [0.15, 0.2) is 0 Å². The number of ether oxygens (including phenoxy) is 1. The molecule has 0 aromatic carbocycles. The second-order valence-corrected chi connectivity index (χ2v) is 10.00. The first-order valence-corrected chi connectivity index (χ1v) is 12.5. The molecule has 2 aliphatic rings. The Balaban J connectivity index is 1.73. The number of thioether (sulfide) groups is 1. The van der Waals surface area contributed by atoms with Gasteiger partial charge in [-0.2, -0.15) is 0 Å². The van der Waals surface area contributed by atoms with Crippen molar-refractivity contribution in [2.45, 2.75) is 13.3 Å². The third kappa shape index (κ3) is 5.18. The van der Waals surface area contributed by atoms with Crippen LogP contribution in [0.5, 0.6) is 0 Å². The molecule has 0 aliphatic carbocycles. The highest BCUT2D eigenvalue weighted by Gasteiger charge is 2.33. The molecular weight excluding hydrogens is 474 g/mol. The van der Waals surface area contributed by atoms with Crippen LogP contribution < -0.4 is 10.5 Å². The first-order valence-electron chi connectivity index (χ1n) is 11.3. The van der Waals surface area contributed by atoms with Crippen LogP contribution in [0, 0.1) is 6.92 Å². The third-order valence-electron chi connectivity index (χ3n) is 5.95. The molecule has 182 valence electrons. The molecule has 2 aromatic heterocycles. The van der Waals surface area contributed by atoms with Gasteiger partial charge in [0.2, 0.25) is 0 Å². The predicted octanol–water partition coefficient (Wildman–Crippen LogP) is 1.35. The molecule has 0 radical (unpaired) electrons. The standard InChI is InChI=1S/C23H29N5O4S2/c1-16-4-5-19-24-20(26-9-7-25(8-10-26)11-12-29)17(21(30)28(19)15-16)14-18-22(31)27(23(33)34-18)6-3-13-32-2/h4-5,14-15,29H,3,6-13H2,1-2H3/b18-14-. The summed E-state index contributed by atoms with van der Waals surface area (Å²) in [6.45, 7) is 6.55. The Bertz CT molecular complexity index is 1170. The van der Waals surface area contributed by atoms with E-state index >= 15 is 0 Å². The molecular formula is C23H29N5O4S2. The maximum absolute atomic E-state index is 13.6. The van der Waals surface area contributed by atoms with Crippen LogP contribution in [0.3, 0.4) is 0 Å². The number of hydrogen-bond donors (Lipinski definition) is 1. The summed E-state index contributed by atoms with van der Waals surface area (Å²) in [5.41, 5.74) is 1.67. The molecule has 34 heavy (non-hydrogen) atoms. The molecule has 9 nitrogen and oxygen atoms in total. The summed E-state index contributed by atoms with van der Waals surface area (Å²) < 4.78 is 7.11. The van der Waals surface area contributed by atoms with Crippen LogP contribution in [0.2, 0.25) is 0 Å². The van der Waals surface area contributed by atoms with E-state index in [1.165, 1.54) is 16.2 Å². The van der Waals surface area contributed by atoms with Gasteiger partial charge in [0, 0.05) is 59.2 Å². The number of pyridine rings is 1. The highest BCUT2D eigenvalue weighted by Crippen LogP contribution is 2.33. The number of β-amino-alcohol motifs (C(OH)–C–C–N with tert-alkyl or cyclic N) is 1. The van der Waals surface area contributed by atoms with Gasteiger partial charge in [-0.15, -0.1) is 0 Å². The number of hydrogen-bond acceptors (Lipinski definition) is 9. The van der Waals surface area contributed by atoms with E-state index in [1.807, 2.05) is 19.1 Å². The molecule has 2 aliphatic heterocycles. The summed E-state index contributed by atoms with van der Waals surface area (Å²) in [4.78, 5) is 37.8. The lowest BCUT2D eigenvalue weighted by Crippen LogP contribution is -2.48. The molecule has 4 rings (SSSR count). The lowest BCUT2D eigenvalue weighted by atomic mass is 10.2. The molecule has 2 fully saturated rings. The molecule has 0 unspecified atom stereocenters. The van der Waals surface area contributed by atoms with Crippen LogP contribution in [-0.4, -0.2) is 94.1 Å². The molecule has 0 bridgehead atoms. The maximum Gasteiger partial charge on any atom is 0.267 e. The van der Waals surface area contributed by atoms with E-state index in [0.29, 0.717) is 65.5 Å². The van der Waals surface area contributed by atoms with Crippen molar-refractivity contribution in [3.05, 3.63) is 44.7 Å². The van der Waals surface area contributed by atoms with E-state index in [1.54, 1.807) is 24.3 Å². The number of nitrogens with zero attached hydrogens (tertiary/aromatic N) is 5. The van der Waals surface area contributed by atoms with Crippen LogP contribution in [0.4, 0.5) is 5.82 Å². The number of aliphatic hydroxyl groups excluding tert-OH is 1. The highest BCUT2D eigenvalue weighted by molar-refractivity contribution is 8.26. The second kappa shape index (κ2) is 11.0. The van der Waals surface area contributed by atoms with Crippen molar-refractivity contribution < 1.29 is 14.6 Å². The van der Waals surface area contributed by atoms with Crippen LogP contribution >= 0.6 is 24.0 Å². The van der Waals surface area contributed by atoms with Gasteiger partial charge in [-0.05, 0) is 31.1 Å². The molecule has 1 N–H and O–H groups in total. The number of carbonyl (C=O) groups is 1. The van der Waals surface area contributed by atoms with E-state index in [0.717, 1.165) is 18.7 Å². The van der Waals surface area contributed by atoms with E-state index in [4.69, 9.17) is 21.9 Å². The summed E-state index contributed by atoms with van der Waals surface area (Å²) in [6.07, 6.45) is 4.09. The molecule has 0 atom stereocenters. The fourth-order valence-electron chi connectivity index (χ4n) is 4.13. The largest absolute Gasteiger partial charge is 0.395 e. The number of rotatable bonds is 8. The third-order valence-corrected chi connectivity index (χ3v) is 7.33. The lowest BCUT2D eigenvalue weighted by molar-refractivity contribution is -0.122. The molecule has 11 heteroatoms.